The number of hydrogen-bond donors (Lipinski definition) is 1. The lowest BCUT2D eigenvalue weighted by Crippen LogP contribution is -2.21. The van der Waals surface area contributed by atoms with Crippen LogP contribution in [0.1, 0.15) is 18.9 Å². The smallest absolute Gasteiger partial charge is 0.475 e. The van der Waals surface area contributed by atoms with E-state index in [4.69, 9.17) is 9.90 Å². The summed E-state index contributed by atoms with van der Waals surface area (Å²) in [6.07, 6.45) is -1.22. The Kier molecular flexibility index (Phi) is 6.68. The molecule has 0 radical (unpaired) electrons. The summed E-state index contributed by atoms with van der Waals surface area (Å²) in [5.41, 5.74) is 3.91. The number of halogens is 4. The van der Waals surface area contributed by atoms with Gasteiger partial charge in [-0.15, -0.1) is 0 Å². The third-order valence-electron chi connectivity index (χ3n) is 3.95. The van der Waals surface area contributed by atoms with Crippen LogP contribution < -0.4 is 0 Å². The van der Waals surface area contributed by atoms with Crippen molar-refractivity contribution in [3.8, 4) is 11.1 Å². The summed E-state index contributed by atoms with van der Waals surface area (Å²) in [5, 5.41) is 11.3. The van der Waals surface area contributed by atoms with Gasteiger partial charge in [0.1, 0.15) is 17.9 Å². The summed E-state index contributed by atoms with van der Waals surface area (Å²) in [6, 6.07) is 6.90. The van der Waals surface area contributed by atoms with Crippen LogP contribution in [0.2, 0.25) is 0 Å². The molecule has 10 heteroatoms. The highest BCUT2D eigenvalue weighted by Crippen LogP contribution is 2.24. The standard InChI is InChI=1S/C17H16FN3O.C2HF3O2/c1-3-14(22)10-21-17-7-13(8-19-16(17)9-20-21)12-4-5-15(18)11(2)6-12;3-2(4,5)1(6)7/h4-9H,3,10H2,1-2H3;(H,6,7). The van der Waals surface area contributed by atoms with Gasteiger partial charge >= 0.3 is 12.1 Å². The van der Waals surface area contributed by atoms with Crippen molar-refractivity contribution in [2.75, 3.05) is 0 Å². The monoisotopic (exact) mass is 411 g/mol. The second-order valence-electron chi connectivity index (χ2n) is 6.09. The van der Waals surface area contributed by atoms with Crippen molar-refractivity contribution in [2.45, 2.75) is 33.0 Å². The average molecular weight is 411 g/mol. The van der Waals surface area contributed by atoms with Gasteiger partial charge in [-0.1, -0.05) is 13.0 Å². The lowest BCUT2D eigenvalue weighted by Gasteiger charge is -2.06. The van der Waals surface area contributed by atoms with Crippen LogP contribution in [0, 0.1) is 12.7 Å². The van der Waals surface area contributed by atoms with Crippen molar-refractivity contribution < 1.29 is 32.3 Å². The predicted molar refractivity (Wildman–Crippen MR) is 96.6 cm³/mol. The number of carboxylic acid groups (broad SMARTS) is 1. The fourth-order valence-electron chi connectivity index (χ4n) is 2.34. The van der Waals surface area contributed by atoms with Crippen molar-refractivity contribution in [1.29, 1.82) is 0 Å². The molecule has 29 heavy (non-hydrogen) atoms. The quantitative estimate of drug-likeness (QED) is 0.652. The van der Waals surface area contributed by atoms with Crippen molar-refractivity contribution in [3.63, 3.8) is 0 Å². The Morgan fingerprint density at radius 3 is 2.34 bits per heavy atom. The number of Topliss-reactive ketones (excluding diaryl/α,β-unsaturated/α-hetero) is 1. The highest BCUT2D eigenvalue weighted by molar-refractivity contribution is 5.83. The summed E-state index contributed by atoms with van der Waals surface area (Å²) < 4.78 is 46.8. The summed E-state index contributed by atoms with van der Waals surface area (Å²) in [7, 11) is 0. The summed E-state index contributed by atoms with van der Waals surface area (Å²) in [5.74, 6) is -2.86. The van der Waals surface area contributed by atoms with E-state index >= 15 is 0 Å². The minimum absolute atomic E-state index is 0.119. The van der Waals surface area contributed by atoms with Crippen LogP contribution in [0.15, 0.2) is 36.7 Å². The Balaban J connectivity index is 0.000000370. The molecule has 154 valence electrons. The number of pyridine rings is 1. The van der Waals surface area contributed by atoms with E-state index in [1.165, 1.54) is 6.07 Å². The predicted octanol–water partition coefficient (Wildman–Crippen LogP) is 4.16. The minimum Gasteiger partial charge on any atom is -0.475 e. The Morgan fingerprint density at radius 2 is 1.79 bits per heavy atom. The number of hydrogen-bond acceptors (Lipinski definition) is 4. The number of ketones is 1. The molecule has 0 saturated carbocycles. The molecule has 0 aliphatic rings. The van der Waals surface area contributed by atoms with Gasteiger partial charge in [-0.2, -0.15) is 18.3 Å². The van der Waals surface area contributed by atoms with E-state index in [1.807, 2.05) is 13.0 Å². The van der Waals surface area contributed by atoms with E-state index in [-0.39, 0.29) is 18.1 Å². The van der Waals surface area contributed by atoms with Crippen molar-refractivity contribution in [3.05, 3.63) is 48.0 Å². The van der Waals surface area contributed by atoms with E-state index in [0.717, 1.165) is 22.2 Å². The van der Waals surface area contributed by atoms with Gasteiger partial charge in [-0.25, -0.2) is 9.18 Å². The number of aromatic nitrogens is 3. The first-order valence-corrected chi connectivity index (χ1v) is 8.42. The first-order valence-electron chi connectivity index (χ1n) is 8.42. The molecule has 6 nitrogen and oxygen atoms in total. The fourth-order valence-corrected chi connectivity index (χ4v) is 2.34. The average Bonchev–Trinajstić information content (AvgIpc) is 3.05. The molecular weight excluding hydrogens is 394 g/mol. The third kappa shape index (κ3) is 5.59. The molecule has 2 aromatic heterocycles. The second kappa shape index (κ2) is 8.80. The number of fused-ring (bicyclic) bond motifs is 1. The molecule has 0 fully saturated rings. The highest BCUT2D eigenvalue weighted by Gasteiger charge is 2.38. The number of benzene rings is 1. The summed E-state index contributed by atoms with van der Waals surface area (Å²) in [6.45, 7) is 3.81. The van der Waals surface area contributed by atoms with Gasteiger partial charge in [0.2, 0.25) is 0 Å². The molecule has 0 unspecified atom stereocenters. The molecule has 0 amide bonds. The van der Waals surface area contributed by atoms with Gasteiger partial charge in [-0.05, 0) is 36.2 Å². The Labute approximate surface area is 162 Å². The number of rotatable bonds is 4. The van der Waals surface area contributed by atoms with Crippen molar-refractivity contribution >= 4 is 22.8 Å². The van der Waals surface area contributed by atoms with Gasteiger partial charge < -0.3 is 5.11 Å². The van der Waals surface area contributed by atoms with Crippen molar-refractivity contribution in [2.24, 2.45) is 0 Å². The number of alkyl halides is 3. The zero-order valence-corrected chi connectivity index (χ0v) is 15.5. The van der Waals surface area contributed by atoms with Crippen LogP contribution in [-0.4, -0.2) is 37.8 Å². The van der Waals surface area contributed by atoms with E-state index in [9.17, 15) is 22.4 Å². The maximum absolute atomic E-state index is 13.4. The molecule has 0 spiro atoms. The third-order valence-corrected chi connectivity index (χ3v) is 3.95. The fraction of sp³-hybridized carbons (Fsp3) is 0.263. The maximum Gasteiger partial charge on any atom is 0.490 e. The van der Waals surface area contributed by atoms with Crippen LogP contribution in [0.25, 0.3) is 22.2 Å². The highest BCUT2D eigenvalue weighted by atomic mass is 19.4. The van der Waals surface area contributed by atoms with E-state index in [0.29, 0.717) is 12.0 Å². The van der Waals surface area contributed by atoms with Gasteiger partial charge in [0.05, 0.1) is 11.7 Å². The normalized spacial score (nSPS) is 11.1. The zero-order valence-electron chi connectivity index (χ0n) is 15.5. The number of aliphatic carboxylic acids is 1. The molecule has 0 bridgehead atoms. The first-order chi connectivity index (χ1) is 13.5. The molecule has 0 atom stereocenters. The van der Waals surface area contributed by atoms with Crippen LogP contribution in [0.4, 0.5) is 17.6 Å². The Hall–Kier alpha value is -3.30. The topological polar surface area (TPSA) is 85.1 Å². The van der Waals surface area contributed by atoms with E-state index < -0.39 is 12.1 Å². The van der Waals surface area contributed by atoms with Gasteiger partial charge in [0, 0.05) is 18.2 Å². The van der Waals surface area contributed by atoms with Crippen LogP contribution in [0.5, 0.6) is 0 Å². The SMILES string of the molecule is CCC(=O)Cn1ncc2ncc(-c3ccc(F)c(C)c3)cc21.O=C(O)C(F)(F)F. The number of carbonyl (C=O) groups excluding carboxylic acids is 1. The Bertz CT molecular complexity index is 1040. The zero-order chi connectivity index (χ0) is 21.8. The van der Waals surface area contributed by atoms with Crippen LogP contribution >= 0.6 is 0 Å². The van der Waals surface area contributed by atoms with Crippen LogP contribution in [0.3, 0.4) is 0 Å². The number of carboxylic acids is 1. The molecule has 1 N–H and O–H groups in total. The van der Waals surface area contributed by atoms with E-state index in [1.54, 1.807) is 36.1 Å². The summed E-state index contributed by atoms with van der Waals surface area (Å²) in [4.78, 5) is 24.9. The van der Waals surface area contributed by atoms with Gasteiger partial charge in [0.25, 0.3) is 0 Å². The summed E-state index contributed by atoms with van der Waals surface area (Å²) >= 11 is 0. The Morgan fingerprint density at radius 1 is 1.14 bits per heavy atom. The second-order valence-corrected chi connectivity index (χ2v) is 6.09. The minimum atomic E-state index is -5.08. The number of nitrogens with zero attached hydrogens (tertiary/aromatic N) is 3. The molecule has 2 heterocycles. The molecule has 3 rings (SSSR count). The molecule has 0 aliphatic heterocycles. The van der Waals surface area contributed by atoms with Gasteiger partial charge in [0.15, 0.2) is 5.78 Å². The molecule has 0 saturated heterocycles. The first kappa shape index (κ1) is 22.0. The molecule has 3 aromatic rings. The maximum atomic E-state index is 13.4. The lowest BCUT2D eigenvalue weighted by molar-refractivity contribution is -0.192. The number of aryl methyl sites for hydroxylation is 1. The molecule has 1 aromatic carbocycles. The number of carbonyl (C=O) groups is 2. The van der Waals surface area contributed by atoms with Crippen molar-refractivity contribution in [1.82, 2.24) is 14.8 Å². The van der Waals surface area contributed by atoms with E-state index in [2.05, 4.69) is 10.1 Å². The lowest BCUT2D eigenvalue weighted by atomic mass is 10.0. The van der Waals surface area contributed by atoms with Crippen LogP contribution in [-0.2, 0) is 16.1 Å². The van der Waals surface area contributed by atoms with Gasteiger partial charge in [-0.3, -0.25) is 14.5 Å². The molecule has 0 aliphatic carbocycles. The molecular formula is C19H17F4N3O3. The largest absolute Gasteiger partial charge is 0.490 e.